The summed E-state index contributed by atoms with van der Waals surface area (Å²) < 4.78 is 0. The molecule has 25 heavy (non-hydrogen) atoms. The molecule has 3 saturated heterocycles. The first kappa shape index (κ1) is 18.5. The Balaban J connectivity index is 1.60. The van der Waals surface area contributed by atoms with E-state index < -0.39 is 0 Å². The van der Waals surface area contributed by atoms with Gasteiger partial charge in [-0.1, -0.05) is 20.8 Å². The van der Waals surface area contributed by atoms with Crippen LogP contribution in [-0.4, -0.2) is 75.8 Å². The normalized spacial score (nSPS) is 27.5. The molecule has 6 nitrogen and oxygen atoms in total. The zero-order valence-corrected chi connectivity index (χ0v) is 16.3. The van der Waals surface area contributed by atoms with Crippen LogP contribution in [0.15, 0.2) is 0 Å². The number of thioether (sulfide) groups is 1. The summed E-state index contributed by atoms with van der Waals surface area (Å²) in [7, 11) is 0. The number of likely N-dealkylation sites (tertiary alicyclic amines) is 2. The highest BCUT2D eigenvalue weighted by Gasteiger charge is 2.41. The van der Waals surface area contributed by atoms with E-state index in [1.54, 1.807) is 16.7 Å². The largest absolute Gasteiger partial charge is 0.339 e. The molecule has 0 aromatic carbocycles. The van der Waals surface area contributed by atoms with Crippen molar-refractivity contribution in [3.8, 4) is 0 Å². The molecule has 7 heteroatoms. The molecule has 0 aromatic heterocycles. The number of amides is 3. The number of carbonyl (C=O) groups is 3. The molecule has 2 atom stereocenters. The molecule has 3 amide bonds. The maximum atomic E-state index is 13.0. The number of carbonyl (C=O) groups excluding carboxylic acids is 3. The van der Waals surface area contributed by atoms with Crippen LogP contribution in [0.25, 0.3) is 0 Å². The van der Waals surface area contributed by atoms with Gasteiger partial charge in [0, 0.05) is 38.2 Å². The van der Waals surface area contributed by atoms with Gasteiger partial charge >= 0.3 is 0 Å². The molecular weight excluding hydrogens is 338 g/mol. The van der Waals surface area contributed by atoms with Crippen molar-refractivity contribution in [3.05, 3.63) is 0 Å². The average molecular weight is 368 g/mol. The third-order valence-corrected chi connectivity index (χ3v) is 6.21. The second-order valence-electron chi connectivity index (χ2n) is 8.53. The van der Waals surface area contributed by atoms with Gasteiger partial charge in [-0.2, -0.15) is 0 Å². The lowest BCUT2D eigenvalue weighted by Crippen LogP contribution is -2.49. The topological polar surface area (TPSA) is 60.9 Å². The standard InChI is InChI=1S/C18H29N3O3S/c1-18(2,3)9-16(23)21-12-25-11-14(21)17(24)19-8-6-13(10-19)20-7-4-5-15(20)22/h13-14H,4-12H2,1-3H3. The van der Waals surface area contributed by atoms with Gasteiger partial charge < -0.3 is 14.7 Å². The third kappa shape index (κ3) is 4.13. The summed E-state index contributed by atoms with van der Waals surface area (Å²) >= 11 is 1.65. The van der Waals surface area contributed by atoms with Crippen molar-refractivity contribution in [3.63, 3.8) is 0 Å². The Labute approximate surface area is 154 Å². The van der Waals surface area contributed by atoms with Crippen LogP contribution in [0.1, 0.15) is 46.5 Å². The summed E-state index contributed by atoms with van der Waals surface area (Å²) in [6.45, 7) is 8.26. The average Bonchev–Trinajstić information content (AvgIpc) is 3.24. The number of rotatable bonds is 3. The van der Waals surface area contributed by atoms with E-state index in [-0.39, 0.29) is 35.2 Å². The molecule has 3 rings (SSSR count). The van der Waals surface area contributed by atoms with Gasteiger partial charge in [0.15, 0.2) is 0 Å². The molecule has 0 radical (unpaired) electrons. The summed E-state index contributed by atoms with van der Waals surface area (Å²) in [5.41, 5.74) is -0.0766. The zero-order valence-electron chi connectivity index (χ0n) is 15.5. The van der Waals surface area contributed by atoms with Crippen LogP contribution in [0.2, 0.25) is 0 Å². The summed E-state index contributed by atoms with van der Waals surface area (Å²) in [6.07, 6.45) is 2.88. The lowest BCUT2D eigenvalue weighted by Gasteiger charge is -2.30. The molecule has 140 valence electrons. The quantitative estimate of drug-likeness (QED) is 0.759. The minimum absolute atomic E-state index is 0.0569. The maximum Gasteiger partial charge on any atom is 0.246 e. The fourth-order valence-electron chi connectivity index (χ4n) is 3.91. The SMILES string of the molecule is CC(C)(C)CC(=O)N1CSCC1C(=O)N1CCC(N2CCCC2=O)C1. The smallest absolute Gasteiger partial charge is 0.246 e. The molecule has 2 unspecified atom stereocenters. The summed E-state index contributed by atoms with van der Waals surface area (Å²) in [4.78, 5) is 43.1. The number of hydrogen-bond donors (Lipinski definition) is 0. The molecule has 0 spiro atoms. The molecular formula is C18H29N3O3S. The summed E-state index contributed by atoms with van der Waals surface area (Å²) in [6, 6.07) is -0.181. The predicted molar refractivity (Wildman–Crippen MR) is 98.0 cm³/mol. The summed E-state index contributed by atoms with van der Waals surface area (Å²) in [5.74, 6) is 1.63. The highest BCUT2D eigenvalue weighted by molar-refractivity contribution is 7.99. The van der Waals surface area contributed by atoms with Gasteiger partial charge in [-0.3, -0.25) is 14.4 Å². The van der Waals surface area contributed by atoms with Crippen LogP contribution in [0.5, 0.6) is 0 Å². The fourth-order valence-corrected chi connectivity index (χ4v) is 5.08. The highest BCUT2D eigenvalue weighted by Crippen LogP contribution is 2.29. The Morgan fingerprint density at radius 1 is 1.24 bits per heavy atom. The van der Waals surface area contributed by atoms with Gasteiger partial charge in [-0.05, 0) is 18.3 Å². The first-order chi connectivity index (χ1) is 11.8. The van der Waals surface area contributed by atoms with Crippen LogP contribution in [0.3, 0.4) is 0 Å². The lowest BCUT2D eigenvalue weighted by atomic mass is 9.91. The second-order valence-corrected chi connectivity index (χ2v) is 9.53. The Bertz CT molecular complexity index is 560. The van der Waals surface area contributed by atoms with E-state index in [2.05, 4.69) is 0 Å². The van der Waals surface area contributed by atoms with Crippen LogP contribution >= 0.6 is 11.8 Å². The fraction of sp³-hybridized carbons (Fsp3) is 0.833. The molecule has 3 aliphatic rings. The van der Waals surface area contributed by atoms with Gasteiger partial charge in [0.05, 0.1) is 11.9 Å². The number of hydrogen-bond acceptors (Lipinski definition) is 4. The van der Waals surface area contributed by atoms with Gasteiger partial charge in [0.1, 0.15) is 6.04 Å². The van der Waals surface area contributed by atoms with E-state index in [0.29, 0.717) is 37.6 Å². The zero-order chi connectivity index (χ0) is 18.2. The van der Waals surface area contributed by atoms with Crippen molar-refractivity contribution in [1.82, 2.24) is 14.7 Å². The van der Waals surface area contributed by atoms with Gasteiger partial charge in [-0.15, -0.1) is 11.8 Å². The Morgan fingerprint density at radius 2 is 2.00 bits per heavy atom. The first-order valence-electron chi connectivity index (χ1n) is 9.22. The second kappa shape index (κ2) is 7.17. The van der Waals surface area contributed by atoms with Gasteiger partial charge in [0.2, 0.25) is 17.7 Å². The molecule has 3 aliphatic heterocycles. The molecule has 0 aromatic rings. The summed E-state index contributed by atoms with van der Waals surface area (Å²) in [5, 5.41) is 0. The minimum Gasteiger partial charge on any atom is -0.339 e. The Morgan fingerprint density at radius 3 is 2.64 bits per heavy atom. The minimum atomic E-state index is -0.340. The Hall–Kier alpha value is -1.24. The molecule has 3 heterocycles. The van der Waals surface area contributed by atoms with Crippen LogP contribution < -0.4 is 0 Å². The third-order valence-electron chi connectivity index (χ3n) is 5.20. The molecule has 0 aliphatic carbocycles. The van der Waals surface area contributed by atoms with E-state index in [4.69, 9.17) is 0 Å². The van der Waals surface area contributed by atoms with Crippen LogP contribution in [-0.2, 0) is 14.4 Å². The van der Waals surface area contributed by atoms with E-state index >= 15 is 0 Å². The molecule has 0 N–H and O–H groups in total. The first-order valence-corrected chi connectivity index (χ1v) is 10.4. The molecule has 0 saturated carbocycles. The van der Waals surface area contributed by atoms with Crippen molar-refractivity contribution in [2.45, 2.75) is 58.5 Å². The van der Waals surface area contributed by atoms with Crippen molar-refractivity contribution >= 4 is 29.5 Å². The number of nitrogens with zero attached hydrogens (tertiary/aromatic N) is 3. The van der Waals surface area contributed by atoms with Crippen molar-refractivity contribution in [1.29, 1.82) is 0 Å². The van der Waals surface area contributed by atoms with Gasteiger partial charge in [-0.25, -0.2) is 0 Å². The molecule has 0 bridgehead atoms. The Kier molecular flexibility index (Phi) is 5.32. The van der Waals surface area contributed by atoms with Crippen molar-refractivity contribution in [2.24, 2.45) is 5.41 Å². The molecule has 3 fully saturated rings. The van der Waals surface area contributed by atoms with Crippen LogP contribution in [0.4, 0.5) is 0 Å². The van der Waals surface area contributed by atoms with E-state index in [9.17, 15) is 14.4 Å². The monoisotopic (exact) mass is 367 g/mol. The van der Waals surface area contributed by atoms with E-state index in [1.807, 2.05) is 30.6 Å². The maximum absolute atomic E-state index is 13.0. The highest BCUT2D eigenvalue weighted by atomic mass is 32.2. The predicted octanol–water partition coefficient (Wildman–Crippen LogP) is 1.55. The van der Waals surface area contributed by atoms with Crippen LogP contribution in [0, 0.1) is 5.41 Å². The van der Waals surface area contributed by atoms with Crippen molar-refractivity contribution in [2.75, 3.05) is 31.3 Å². The lowest BCUT2D eigenvalue weighted by molar-refractivity contribution is -0.144. The van der Waals surface area contributed by atoms with Crippen molar-refractivity contribution < 1.29 is 14.4 Å². The van der Waals surface area contributed by atoms with E-state index in [0.717, 1.165) is 19.4 Å². The van der Waals surface area contributed by atoms with Gasteiger partial charge in [0.25, 0.3) is 0 Å². The van der Waals surface area contributed by atoms with E-state index in [1.165, 1.54) is 0 Å².